The van der Waals surface area contributed by atoms with Crippen LogP contribution in [0.2, 0.25) is 5.02 Å². The first-order chi connectivity index (χ1) is 19.5. The number of carbonyl (C=O) groups excluding carboxylic acids is 2. The maximum Gasteiger partial charge on any atom is 0.255 e. The van der Waals surface area contributed by atoms with Gasteiger partial charge in [-0.3, -0.25) is 19.4 Å². The van der Waals surface area contributed by atoms with Gasteiger partial charge in [0.2, 0.25) is 0 Å². The molecule has 2 saturated heterocycles. The minimum absolute atomic E-state index is 0.145. The van der Waals surface area contributed by atoms with Crippen molar-refractivity contribution in [3.63, 3.8) is 0 Å². The maximum atomic E-state index is 13.5. The monoisotopic (exact) mass is 561 g/mol. The average Bonchev–Trinajstić information content (AvgIpc) is 2.98. The summed E-state index contributed by atoms with van der Waals surface area (Å²) in [6.07, 6.45) is 0. The zero-order valence-corrected chi connectivity index (χ0v) is 23.4. The summed E-state index contributed by atoms with van der Waals surface area (Å²) >= 11 is 6.07. The molecule has 0 aromatic heterocycles. The minimum Gasteiger partial charge on any atom is -0.379 e. The van der Waals surface area contributed by atoms with E-state index in [1.165, 1.54) is 5.56 Å². The highest BCUT2D eigenvalue weighted by molar-refractivity contribution is 6.31. The number of nitrogens with one attached hydrogen (secondary N) is 2. The molecule has 210 valence electrons. The average molecular weight is 562 g/mol. The standard InChI is InChI=1S/C31H36ClN5O3/c32-26-8-4-7-25(21-26)30(38)34-27-9-10-29(28(22-27)31(39)33-11-12-35-17-19-40-20-18-35)37-15-13-36(14-16-37)23-24-5-2-1-3-6-24/h1-10,21-22H,11-20,23H2,(H,33,39)(H,34,38). The van der Waals surface area contributed by atoms with Crippen LogP contribution in [0.15, 0.2) is 72.8 Å². The van der Waals surface area contributed by atoms with E-state index >= 15 is 0 Å². The van der Waals surface area contributed by atoms with E-state index in [0.29, 0.717) is 28.4 Å². The Balaban J connectivity index is 1.28. The zero-order valence-electron chi connectivity index (χ0n) is 22.7. The molecule has 40 heavy (non-hydrogen) atoms. The third-order valence-corrected chi connectivity index (χ3v) is 7.60. The van der Waals surface area contributed by atoms with Gasteiger partial charge in [0.1, 0.15) is 0 Å². The lowest BCUT2D eigenvalue weighted by Gasteiger charge is -2.37. The number of hydrogen-bond donors (Lipinski definition) is 2. The molecule has 0 saturated carbocycles. The number of piperazine rings is 1. The molecular formula is C31H36ClN5O3. The van der Waals surface area contributed by atoms with Gasteiger partial charge >= 0.3 is 0 Å². The number of morpholine rings is 1. The minimum atomic E-state index is -0.275. The lowest BCUT2D eigenvalue weighted by molar-refractivity contribution is 0.0383. The molecule has 8 nitrogen and oxygen atoms in total. The Bertz CT molecular complexity index is 1290. The summed E-state index contributed by atoms with van der Waals surface area (Å²) in [6.45, 7) is 8.86. The van der Waals surface area contributed by atoms with Crippen LogP contribution in [-0.4, -0.2) is 87.2 Å². The van der Waals surface area contributed by atoms with Gasteiger partial charge in [-0.1, -0.05) is 48.0 Å². The van der Waals surface area contributed by atoms with E-state index < -0.39 is 0 Å². The van der Waals surface area contributed by atoms with Gasteiger partial charge in [-0.15, -0.1) is 0 Å². The third-order valence-electron chi connectivity index (χ3n) is 7.37. The highest BCUT2D eigenvalue weighted by Crippen LogP contribution is 2.27. The van der Waals surface area contributed by atoms with Crippen LogP contribution >= 0.6 is 11.6 Å². The molecule has 0 atom stereocenters. The van der Waals surface area contributed by atoms with Crippen LogP contribution < -0.4 is 15.5 Å². The maximum absolute atomic E-state index is 13.5. The summed E-state index contributed by atoms with van der Waals surface area (Å²) in [5, 5.41) is 6.52. The quantitative estimate of drug-likeness (QED) is 0.412. The van der Waals surface area contributed by atoms with Crippen molar-refractivity contribution in [1.82, 2.24) is 15.1 Å². The van der Waals surface area contributed by atoms with Crippen molar-refractivity contribution in [2.45, 2.75) is 6.54 Å². The van der Waals surface area contributed by atoms with Gasteiger partial charge in [0, 0.05) is 80.9 Å². The van der Waals surface area contributed by atoms with E-state index in [0.717, 1.165) is 71.3 Å². The SMILES string of the molecule is O=C(Nc1ccc(N2CCN(Cc3ccccc3)CC2)c(C(=O)NCCN2CCOCC2)c1)c1cccc(Cl)c1. The van der Waals surface area contributed by atoms with Gasteiger partial charge in [0.05, 0.1) is 18.8 Å². The fraction of sp³-hybridized carbons (Fsp3) is 0.355. The van der Waals surface area contributed by atoms with E-state index in [4.69, 9.17) is 16.3 Å². The van der Waals surface area contributed by atoms with Crippen LogP contribution in [0.1, 0.15) is 26.3 Å². The fourth-order valence-corrected chi connectivity index (χ4v) is 5.33. The van der Waals surface area contributed by atoms with Gasteiger partial charge in [-0.2, -0.15) is 0 Å². The predicted octanol–water partition coefficient (Wildman–Crippen LogP) is 3.98. The molecule has 0 unspecified atom stereocenters. The second kappa shape index (κ2) is 13.8. The number of amides is 2. The Morgan fingerprint density at radius 3 is 2.33 bits per heavy atom. The molecule has 2 heterocycles. The molecule has 3 aromatic rings. The first-order valence-electron chi connectivity index (χ1n) is 13.9. The predicted molar refractivity (Wildman–Crippen MR) is 159 cm³/mol. The van der Waals surface area contributed by atoms with Crippen LogP contribution in [0, 0.1) is 0 Å². The Morgan fingerprint density at radius 1 is 0.800 bits per heavy atom. The molecule has 9 heteroatoms. The van der Waals surface area contributed by atoms with E-state index in [1.54, 1.807) is 30.3 Å². The molecular weight excluding hydrogens is 526 g/mol. The summed E-state index contributed by atoms with van der Waals surface area (Å²) < 4.78 is 5.42. The van der Waals surface area contributed by atoms with Crippen molar-refractivity contribution >= 4 is 34.8 Å². The molecule has 2 N–H and O–H groups in total. The highest BCUT2D eigenvalue weighted by Gasteiger charge is 2.23. The van der Waals surface area contributed by atoms with Crippen LogP contribution in [-0.2, 0) is 11.3 Å². The first kappa shape index (κ1) is 28.1. The van der Waals surface area contributed by atoms with Crippen LogP contribution in [0.3, 0.4) is 0 Å². The van der Waals surface area contributed by atoms with E-state index in [9.17, 15) is 9.59 Å². The topological polar surface area (TPSA) is 77.2 Å². The summed E-state index contributed by atoms with van der Waals surface area (Å²) in [7, 11) is 0. The first-order valence-corrected chi connectivity index (χ1v) is 14.2. The number of carbonyl (C=O) groups is 2. The van der Waals surface area contributed by atoms with Gasteiger partial charge < -0.3 is 20.3 Å². The van der Waals surface area contributed by atoms with Gasteiger partial charge in [0.15, 0.2) is 0 Å². The molecule has 0 aliphatic carbocycles. The molecule has 3 aromatic carbocycles. The number of hydrogen-bond acceptors (Lipinski definition) is 6. The highest BCUT2D eigenvalue weighted by atomic mass is 35.5. The molecule has 0 bridgehead atoms. The van der Waals surface area contributed by atoms with E-state index in [-0.39, 0.29) is 11.8 Å². The van der Waals surface area contributed by atoms with Crippen LogP contribution in [0.4, 0.5) is 11.4 Å². The number of ether oxygens (including phenoxy) is 1. The van der Waals surface area contributed by atoms with Crippen molar-refractivity contribution in [1.29, 1.82) is 0 Å². The second-order valence-electron chi connectivity index (χ2n) is 10.2. The lowest BCUT2D eigenvalue weighted by Crippen LogP contribution is -2.46. The van der Waals surface area contributed by atoms with Crippen molar-refractivity contribution in [3.05, 3.63) is 94.5 Å². The molecule has 5 rings (SSSR count). The van der Waals surface area contributed by atoms with E-state index in [1.807, 2.05) is 18.2 Å². The molecule has 2 aliphatic heterocycles. The summed E-state index contributed by atoms with van der Waals surface area (Å²) in [5.41, 5.74) is 3.76. The third kappa shape index (κ3) is 7.61. The Morgan fingerprint density at radius 2 is 1.57 bits per heavy atom. The van der Waals surface area contributed by atoms with E-state index in [2.05, 4.69) is 49.6 Å². The van der Waals surface area contributed by atoms with Crippen molar-refractivity contribution < 1.29 is 14.3 Å². The van der Waals surface area contributed by atoms with Crippen molar-refractivity contribution in [2.24, 2.45) is 0 Å². The van der Waals surface area contributed by atoms with Gasteiger partial charge in [0.25, 0.3) is 11.8 Å². The normalized spacial score (nSPS) is 16.5. The smallest absolute Gasteiger partial charge is 0.255 e. The number of halogens is 1. The Hall–Kier alpha value is -3.43. The number of nitrogens with zero attached hydrogens (tertiary/aromatic N) is 3. The lowest BCUT2D eigenvalue weighted by atomic mass is 10.1. The largest absolute Gasteiger partial charge is 0.379 e. The molecule has 2 fully saturated rings. The van der Waals surface area contributed by atoms with Crippen LogP contribution in [0.25, 0.3) is 0 Å². The Kier molecular flexibility index (Phi) is 9.67. The molecule has 0 spiro atoms. The van der Waals surface area contributed by atoms with Crippen molar-refractivity contribution in [2.75, 3.05) is 75.8 Å². The number of benzene rings is 3. The molecule has 2 aliphatic rings. The fourth-order valence-electron chi connectivity index (χ4n) is 5.14. The molecule has 0 radical (unpaired) electrons. The van der Waals surface area contributed by atoms with Crippen LogP contribution in [0.5, 0.6) is 0 Å². The number of anilines is 2. The number of rotatable bonds is 9. The Labute approximate surface area is 240 Å². The van der Waals surface area contributed by atoms with Crippen molar-refractivity contribution in [3.8, 4) is 0 Å². The summed E-state index contributed by atoms with van der Waals surface area (Å²) in [5.74, 6) is -0.419. The summed E-state index contributed by atoms with van der Waals surface area (Å²) in [4.78, 5) is 33.3. The zero-order chi connectivity index (χ0) is 27.7. The second-order valence-corrected chi connectivity index (χ2v) is 10.6. The van der Waals surface area contributed by atoms with Gasteiger partial charge in [-0.05, 0) is 42.0 Å². The van der Waals surface area contributed by atoms with Gasteiger partial charge in [-0.25, -0.2) is 0 Å². The summed E-state index contributed by atoms with van der Waals surface area (Å²) in [6, 6.07) is 22.9. The molecule has 2 amide bonds.